The van der Waals surface area contributed by atoms with Gasteiger partial charge in [-0.25, -0.2) is 4.98 Å². The maximum atomic E-state index is 12.2. The fraction of sp³-hybridized carbons (Fsp3) is 0.0455. The summed E-state index contributed by atoms with van der Waals surface area (Å²) >= 11 is 1.69. The first-order chi connectivity index (χ1) is 13.2. The van der Waals surface area contributed by atoms with Crippen LogP contribution in [0.5, 0.6) is 0 Å². The highest BCUT2D eigenvalue weighted by molar-refractivity contribution is 7.15. The Kier molecular flexibility index (Phi) is 4.77. The molecule has 0 saturated heterocycles. The van der Waals surface area contributed by atoms with Crippen LogP contribution in [0.25, 0.3) is 21.8 Å². The number of aryl methyl sites for hydroxylation is 1. The fourth-order valence-corrected chi connectivity index (χ4v) is 3.71. The maximum absolute atomic E-state index is 12.2. The molecule has 0 aliphatic carbocycles. The van der Waals surface area contributed by atoms with Crippen molar-refractivity contribution in [1.82, 2.24) is 9.97 Å². The lowest BCUT2D eigenvalue weighted by Gasteiger charge is -2.06. The second kappa shape index (κ2) is 7.51. The third kappa shape index (κ3) is 3.78. The number of aromatic nitrogens is 2. The molecule has 4 aromatic rings. The minimum atomic E-state index is -0.223. The molecule has 0 unspecified atom stereocenters. The zero-order chi connectivity index (χ0) is 18.6. The Balaban J connectivity index is 1.54. The third-order valence-corrected chi connectivity index (χ3v) is 5.15. The third-order valence-electron chi connectivity index (χ3n) is 4.13. The Morgan fingerprint density at radius 3 is 2.33 bits per heavy atom. The number of pyridine rings is 1. The van der Waals surface area contributed by atoms with Crippen LogP contribution < -0.4 is 5.32 Å². The predicted octanol–water partition coefficient (Wildman–Crippen LogP) is 5.43. The number of carbonyl (C=O) groups is 1. The molecule has 5 heteroatoms. The Bertz CT molecular complexity index is 1060. The molecule has 0 aliphatic rings. The highest BCUT2D eigenvalue weighted by Crippen LogP contribution is 2.33. The summed E-state index contributed by atoms with van der Waals surface area (Å²) in [5.41, 5.74) is 4.24. The molecule has 2 heterocycles. The summed E-state index contributed by atoms with van der Waals surface area (Å²) in [6.07, 6.45) is 1.60. The van der Waals surface area contributed by atoms with Gasteiger partial charge in [-0.05, 0) is 31.2 Å². The van der Waals surface area contributed by atoms with Gasteiger partial charge in [0.05, 0.1) is 5.69 Å². The molecule has 0 saturated carbocycles. The van der Waals surface area contributed by atoms with Gasteiger partial charge >= 0.3 is 0 Å². The van der Waals surface area contributed by atoms with Crippen molar-refractivity contribution in [2.24, 2.45) is 0 Å². The van der Waals surface area contributed by atoms with Crippen LogP contribution >= 0.6 is 11.3 Å². The van der Waals surface area contributed by atoms with Crippen molar-refractivity contribution in [2.45, 2.75) is 6.92 Å². The molecular weight excluding hydrogens is 354 g/mol. The van der Waals surface area contributed by atoms with Crippen LogP contribution in [0.4, 0.5) is 5.69 Å². The lowest BCUT2D eigenvalue weighted by Crippen LogP contribution is -2.13. The standard InChI is InChI=1S/C22H17N3OS/c1-15-20(25-22(27-15)17-7-3-2-4-8-17)16-10-12-18(13-11-16)24-21(26)19-9-5-6-14-23-19/h2-14H,1H3,(H,24,26). The van der Waals surface area contributed by atoms with Gasteiger partial charge in [0.25, 0.3) is 5.91 Å². The van der Waals surface area contributed by atoms with Gasteiger partial charge in [0.15, 0.2) is 0 Å². The first-order valence-corrected chi connectivity index (χ1v) is 9.38. The number of anilines is 1. The molecule has 0 atom stereocenters. The van der Waals surface area contributed by atoms with E-state index in [0.717, 1.165) is 27.5 Å². The minimum absolute atomic E-state index is 0.223. The summed E-state index contributed by atoms with van der Waals surface area (Å²) < 4.78 is 0. The zero-order valence-corrected chi connectivity index (χ0v) is 15.5. The molecule has 2 aromatic carbocycles. The molecule has 27 heavy (non-hydrogen) atoms. The van der Waals surface area contributed by atoms with Crippen molar-refractivity contribution < 1.29 is 4.79 Å². The van der Waals surface area contributed by atoms with Crippen LogP contribution in [0.15, 0.2) is 79.0 Å². The molecule has 0 fully saturated rings. The summed E-state index contributed by atoms with van der Waals surface area (Å²) in [6.45, 7) is 2.08. The molecule has 0 bridgehead atoms. The molecule has 132 valence electrons. The number of carbonyl (C=O) groups excluding carboxylic acids is 1. The van der Waals surface area contributed by atoms with Gasteiger partial charge in [-0.15, -0.1) is 11.3 Å². The van der Waals surface area contributed by atoms with Crippen LogP contribution in [0.2, 0.25) is 0 Å². The number of nitrogens with zero attached hydrogens (tertiary/aromatic N) is 2. The Morgan fingerprint density at radius 1 is 0.889 bits per heavy atom. The van der Waals surface area contributed by atoms with Gasteiger partial charge in [-0.2, -0.15) is 0 Å². The van der Waals surface area contributed by atoms with E-state index < -0.39 is 0 Å². The summed E-state index contributed by atoms with van der Waals surface area (Å²) in [7, 11) is 0. The first kappa shape index (κ1) is 17.1. The number of nitrogens with one attached hydrogen (secondary N) is 1. The first-order valence-electron chi connectivity index (χ1n) is 8.56. The second-order valence-corrected chi connectivity index (χ2v) is 7.24. The summed E-state index contributed by atoms with van der Waals surface area (Å²) in [4.78, 5) is 22.2. The number of thiazole rings is 1. The van der Waals surface area contributed by atoms with Crippen molar-refractivity contribution in [3.63, 3.8) is 0 Å². The Morgan fingerprint density at radius 2 is 1.63 bits per heavy atom. The van der Waals surface area contributed by atoms with E-state index in [9.17, 15) is 4.79 Å². The monoisotopic (exact) mass is 371 g/mol. The number of hydrogen-bond acceptors (Lipinski definition) is 4. The molecule has 1 N–H and O–H groups in total. The van der Waals surface area contributed by atoms with E-state index >= 15 is 0 Å². The van der Waals surface area contributed by atoms with Gasteiger partial charge in [-0.1, -0.05) is 48.5 Å². The summed E-state index contributed by atoms with van der Waals surface area (Å²) in [6, 6.07) is 23.2. The zero-order valence-electron chi connectivity index (χ0n) is 14.7. The van der Waals surface area contributed by atoms with Crippen molar-refractivity contribution in [2.75, 3.05) is 5.32 Å². The Hall–Kier alpha value is -3.31. The number of amides is 1. The van der Waals surface area contributed by atoms with E-state index in [2.05, 4.69) is 29.4 Å². The van der Waals surface area contributed by atoms with Gasteiger partial charge in [0, 0.05) is 27.9 Å². The summed E-state index contributed by atoms with van der Waals surface area (Å²) in [5.74, 6) is -0.223. The molecule has 0 spiro atoms. The van der Waals surface area contributed by atoms with Crippen LogP contribution in [-0.4, -0.2) is 15.9 Å². The number of benzene rings is 2. The molecule has 2 aromatic heterocycles. The largest absolute Gasteiger partial charge is 0.321 e. The van der Waals surface area contributed by atoms with Crippen LogP contribution in [0, 0.1) is 6.92 Å². The predicted molar refractivity (Wildman–Crippen MR) is 110 cm³/mol. The average molecular weight is 371 g/mol. The van der Waals surface area contributed by atoms with E-state index in [1.54, 1.807) is 35.7 Å². The van der Waals surface area contributed by atoms with Crippen molar-refractivity contribution in [3.8, 4) is 21.8 Å². The van der Waals surface area contributed by atoms with Crippen molar-refractivity contribution in [3.05, 3.63) is 89.6 Å². The van der Waals surface area contributed by atoms with Gasteiger partial charge < -0.3 is 5.32 Å². The van der Waals surface area contributed by atoms with E-state index in [0.29, 0.717) is 5.69 Å². The molecular formula is C22H17N3OS. The van der Waals surface area contributed by atoms with Gasteiger partial charge in [-0.3, -0.25) is 9.78 Å². The lowest BCUT2D eigenvalue weighted by molar-refractivity contribution is 0.102. The SMILES string of the molecule is Cc1sc(-c2ccccc2)nc1-c1ccc(NC(=O)c2ccccn2)cc1. The van der Waals surface area contributed by atoms with Crippen LogP contribution in [-0.2, 0) is 0 Å². The highest BCUT2D eigenvalue weighted by Gasteiger charge is 2.12. The number of rotatable bonds is 4. The minimum Gasteiger partial charge on any atom is -0.321 e. The van der Waals surface area contributed by atoms with Crippen LogP contribution in [0.3, 0.4) is 0 Å². The number of hydrogen-bond donors (Lipinski definition) is 1. The summed E-state index contributed by atoms with van der Waals surface area (Å²) in [5, 5.41) is 3.87. The lowest BCUT2D eigenvalue weighted by atomic mass is 10.1. The second-order valence-electron chi connectivity index (χ2n) is 6.04. The van der Waals surface area contributed by atoms with Gasteiger partial charge in [0.2, 0.25) is 0 Å². The highest BCUT2D eigenvalue weighted by atomic mass is 32.1. The maximum Gasteiger partial charge on any atom is 0.274 e. The van der Waals surface area contributed by atoms with Crippen molar-refractivity contribution in [1.29, 1.82) is 0 Å². The van der Waals surface area contributed by atoms with Crippen LogP contribution in [0.1, 0.15) is 15.4 Å². The molecule has 0 aliphatic heterocycles. The normalized spacial score (nSPS) is 10.6. The van der Waals surface area contributed by atoms with Crippen molar-refractivity contribution >= 4 is 22.9 Å². The molecule has 4 rings (SSSR count). The Labute approximate surface area is 161 Å². The quantitative estimate of drug-likeness (QED) is 0.520. The molecule has 0 radical (unpaired) electrons. The van der Waals surface area contributed by atoms with E-state index in [-0.39, 0.29) is 5.91 Å². The fourth-order valence-electron chi connectivity index (χ4n) is 2.77. The topological polar surface area (TPSA) is 54.9 Å². The van der Waals surface area contributed by atoms with E-state index in [1.165, 1.54) is 4.88 Å². The smallest absolute Gasteiger partial charge is 0.274 e. The van der Waals surface area contributed by atoms with Gasteiger partial charge in [0.1, 0.15) is 10.7 Å². The molecule has 1 amide bonds. The van der Waals surface area contributed by atoms with E-state index in [1.807, 2.05) is 42.5 Å². The molecule has 4 nitrogen and oxygen atoms in total. The average Bonchev–Trinajstić information content (AvgIpc) is 3.11. The van der Waals surface area contributed by atoms with E-state index in [4.69, 9.17) is 4.98 Å².